The number of rotatable bonds is 8. The molecule has 0 unspecified atom stereocenters. The predicted octanol–water partition coefficient (Wildman–Crippen LogP) is 3.41. The smallest absolute Gasteiger partial charge is 0.272 e. The highest BCUT2D eigenvalue weighted by Gasteiger charge is 2.23. The van der Waals surface area contributed by atoms with Crippen LogP contribution in [0.15, 0.2) is 45.7 Å². The Balaban J connectivity index is 1.41. The first-order chi connectivity index (χ1) is 16.2. The van der Waals surface area contributed by atoms with Crippen LogP contribution in [0.1, 0.15) is 19.8 Å². The molecule has 33 heavy (non-hydrogen) atoms. The van der Waals surface area contributed by atoms with Crippen molar-refractivity contribution in [3.05, 3.63) is 46.1 Å². The lowest BCUT2D eigenvalue weighted by Crippen LogP contribution is -2.28. The third-order valence-corrected chi connectivity index (χ3v) is 7.21. The van der Waals surface area contributed by atoms with E-state index < -0.39 is 0 Å². The van der Waals surface area contributed by atoms with Gasteiger partial charge in [0.05, 0.1) is 36.2 Å². The highest BCUT2D eigenvalue weighted by atomic mass is 32.2. The number of nitrogens with zero attached hydrogens (tertiary/aromatic N) is 4. The lowest BCUT2D eigenvalue weighted by atomic mass is 10.2. The van der Waals surface area contributed by atoms with E-state index in [2.05, 4.69) is 15.5 Å². The minimum atomic E-state index is -0.182. The molecule has 3 aromatic heterocycles. The molecule has 0 aliphatic carbocycles. The number of anilines is 1. The van der Waals surface area contributed by atoms with Crippen LogP contribution < -0.4 is 15.6 Å². The Labute approximate surface area is 197 Å². The molecular weight excluding hydrogens is 462 g/mol. The number of amides is 1. The van der Waals surface area contributed by atoms with Gasteiger partial charge in [-0.3, -0.25) is 18.6 Å². The second kappa shape index (κ2) is 9.54. The van der Waals surface area contributed by atoms with E-state index in [0.717, 1.165) is 18.4 Å². The summed E-state index contributed by atoms with van der Waals surface area (Å²) in [6.07, 6.45) is 1.90. The van der Waals surface area contributed by atoms with Crippen molar-refractivity contribution in [1.82, 2.24) is 19.2 Å². The molecule has 4 aromatic rings. The van der Waals surface area contributed by atoms with E-state index in [4.69, 9.17) is 9.47 Å². The Hall–Kier alpha value is -2.89. The second-order valence-corrected chi connectivity index (χ2v) is 9.43. The van der Waals surface area contributed by atoms with E-state index in [1.807, 2.05) is 41.0 Å². The molecule has 172 valence electrons. The van der Waals surface area contributed by atoms with Gasteiger partial charge in [0, 0.05) is 6.61 Å². The average Bonchev–Trinajstić information content (AvgIpc) is 3.57. The van der Waals surface area contributed by atoms with E-state index in [-0.39, 0.29) is 23.3 Å². The molecule has 1 aromatic carbocycles. The van der Waals surface area contributed by atoms with Gasteiger partial charge in [-0.1, -0.05) is 23.9 Å². The zero-order chi connectivity index (χ0) is 22.8. The van der Waals surface area contributed by atoms with Crippen LogP contribution in [0, 0.1) is 0 Å². The van der Waals surface area contributed by atoms with Gasteiger partial charge in [0.1, 0.15) is 10.4 Å². The summed E-state index contributed by atoms with van der Waals surface area (Å²) < 4.78 is 15.5. The number of aromatic nitrogens is 4. The van der Waals surface area contributed by atoms with Gasteiger partial charge in [0.25, 0.3) is 5.56 Å². The van der Waals surface area contributed by atoms with E-state index in [9.17, 15) is 9.59 Å². The van der Waals surface area contributed by atoms with Crippen molar-refractivity contribution in [3.8, 4) is 5.75 Å². The Morgan fingerprint density at radius 1 is 1.33 bits per heavy atom. The number of thiophene rings is 1. The fraction of sp³-hybridized carbons (Fsp3) is 0.364. The Kier molecular flexibility index (Phi) is 6.34. The summed E-state index contributed by atoms with van der Waals surface area (Å²) in [7, 11) is 0. The third-order valence-electron chi connectivity index (χ3n) is 5.39. The number of thioether (sulfide) groups is 1. The standard InChI is InChI=1S/C22H23N5O4S2/c1-2-30-17-8-4-3-7-15(17)23-18(28)13-33-22-25-24-21-26(12-14-6-5-10-31-14)20(29)19-16(27(21)22)9-11-32-19/h3-4,7-9,11,14H,2,5-6,10,12-13H2,1H3,(H,23,28)/t14-/m1/s1. The maximum atomic E-state index is 13.1. The monoisotopic (exact) mass is 485 g/mol. The van der Waals surface area contributed by atoms with E-state index in [0.29, 0.717) is 46.8 Å². The lowest BCUT2D eigenvalue weighted by Gasteiger charge is -2.13. The van der Waals surface area contributed by atoms with Crippen molar-refractivity contribution in [2.45, 2.75) is 37.6 Å². The molecule has 1 atom stereocenters. The number of carbonyl (C=O) groups excluding carboxylic acids is 1. The molecule has 0 saturated carbocycles. The molecule has 1 aliphatic heterocycles. The van der Waals surface area contributed by atoms with Gasteiger partial charge in [0.15, 0.2) is 5.16 Å². The van der Waals surface area contributed by atoms with Crippen LogP contribution in [-0.2, 0) is 16.1 Å². The first kappa shape index (κ1) is 21.9. The van der Waals surface area contributed by atoms with Crippen LogP contribution in [-0.4, -0.2) is 50.1 Å². The molecule has 1 aliphatic rings. The molecular formula is C22H23N5O4S2. The average molecular weight is 486 g/mol. The van der Waals surface area contributed by atoms with Gasteiger partial charge >= 0.3 is 0 Å². The summed E-state index contributed by atoms with van der Waals surface area (Å²) >= 11 is 2.67. The predicted molar refractivity (Wildman–Crippen MR) is 129 cm³/mol. The number of carbonyl (C=O) groups is 1. The summed E-state index contributed by atoms with van der Waals surface area (Å²) in [6.45, 7) is 3.56. The van der Waals surface area contributed by atoms with Crippen LogP contribution in [0.5, 0.6) is 5.75 Å². The number of nitrogens with one attached hydrogen (secondary N) is 1. The molecule has 0 bridgehead atoms. The number of hydrogen-bond acceptors (Lipinski definition) is 8. The maximum absolute atomic E-state index is 13.1. The molecule has 1 amide bonds. The first-order valence-electron chi connectivity index (χ1n) is 10.8. The van der Waals surface area contributed by atoms with Crippen LogP contribution in [0.4, 0.5) is 5.69 Å². The third kappa shape index (κ3) is 4.35. The molecule has 0 spiro atoms. The van der Waals surface area contributed by atoms with Crippen LogP contribution in [0.25, 0.3) is 16.0 Å². The van der Waals surface area contributed by atoms with Crippen molar-refractivity contribution in [3.63, 3.8) is 0 Å². The SMILES string of the molecule is CCOc1ccccc1NC(=O)CSc1nnc2n(C[C@H]3CCCO3)c(=O)c3sccc3n12. The van der Waals surface area contributed by atoms with Gasteiger partial charge in [0.2, 0.25) is 11.7 Å². The number of para-hydroxylation sites is 2. The topological polar surface area (TPSA) is 99.8 Å². The van der Waals surface area contributed by atoms with Crippen LogP contribution in [0.2, 0.25) is 0 Å². The highest BCUT2D eigenvalue weighted by molar-refractivity contribution is 7.99. The Bertz CT molecular complexity index is 1360. The van der Waals surface area contributed by atoms with Crippen molar-refractivity contribution < 1.29 is 14.3 Å². The lowest BCUT2D eigenvalue weighted by molar-refractivity contribution is -0.113. The fourth-order valence-corrected chi connectivity index (χ4v) is 5.48. The number of hydrogen-bond donors (Lipinski definition) is 1. The Morgan fingerprint density at radius 3 is 3.03 bits per heavy atom. The fourth-order valence-electron chi connectivity index (χ4n) is 3.92. The van der Waals surface area contributed by atoms with Crippen LogP contribution in [0.3, 0.4) is 0 Å². The Morgan fingerprint density at radius 2 is 2.21 bits per heavy atom. The summed E-state index contributed by atoms with van der Waals surface area (Å²) in [6, 6.07) is 9.21. The molecule has 0 radical (unpaired) electrons. The van der Waals surface area contributed by atoms with Gasteiger partial charge in [-0.15, -0.1) is 21.5 Å². The van der Waals surface area contributed by atoms with E-state index in [1.165, 1.54) is 23.1 Å². The van der Waals surface area contributed by atoms with Crippen molar-refractivity contribution >= 4 is 50.7 Å². The molecule has 1 fully saturated rings. The van der Waals surface area contributed by atoms with Crippen LogP contribution >= 0.6 is 23.1 Å². The minimum Gasteiger partial charge on any atom is -0.492 e. The zero-order valence-electron chi connectivity index (χ0n) is 18.0. The van der Waals surface area contributed by atoms with Crippen molar-refractivity contribution in [2.24, 2.45) is 0 Å². The normalized spacial score (nSPS) is 16.0. The van der Waals surface area contributed by atoms with Crippen molar-refractivity contribution in [2.75, 3.05) is 24.3 Å². The molecule has 11 heteroatoms. The zero-order valence-corrected chi connectivity index (χ0v) is 19.7. The summed E-state index contributed by atoms with van der Waals surface area (Å²) in [5.74, 6) is 1.05. The number of ether oxygens (including phenoxy) is 2. The first-order valence-corrected chi connectivity index (χ1v) is 12.6. The minimum absolute atomic E-state index is 0.00657. The molecule has 1 N–H and O–H groups in total. The summed E-state index contributed by atoms with van der Waals surface area (Å²) in [5.41, 5.74) is 1.29. The number of fused-ring (bicyclic) bond motifs is 3. The molecule has 9 nitrogen and oxygen atoms in total. The van der Waals surface area contributed by atoms with E-state index in [1.54, 1.807) is 10.6 Å². The largest absolute Gasteiger partial charge is 0.492 e. The number of benzene rings is 1. The summed E-state index contributed by atoms with van der Waals surface area (Å²) in [4.78, 5) is 25.8. The maximum Gasteiger partial charge on any atom is 0.272 e. The molecule has 5 rings (SSSR count). The van der Waals surface area contributed by atoms with Gasteiger partial charge < -0.3 is 14.8 Å². The highest BCUT2D eigenvalue weighted by Crippen LogP contribution is 2.27. The quantitative estimate of drug-likeness (QED) is 0.382. The van der Waals surface area contributed by atoms with Crippen molar-refractivity contribution in [1.29, 1.82) is 0 Å². The van der Waals surface area contributed by atoms with E-state index >= 15 is 0 Å². The molecule has 4 heterocycles. The second-order valence-electron chi connectivity index (χ2n) is 7.57. The van der Waals surface area contributed by atoms with Gasteiger partial charge in [-0.05, 0) is 43.3 Å². The van der Waals surface area contributed by atoms with Gasteiger partial charge in [-0.25, -0.2) is 0 Å². The summed E-state index contributed by atoms with van der Waals surface area (Å²) in [5, 5.41) is 13.9. The van der Waals surface area contributed by atoms with Gasteiger partial charge in [-0.2, -0.15) is 0 Å². The molecule has 1 saturated heterocycles.